The first kappa shape index (κ1) is 44.0. The third-order valence-corrected chi connectivity index (χ3v) is 14.8. The van der Waals surface area contributed by atoms with Gasteiger partial charge in [0.25, 0.3) is 0 Å². The van der Waals surface area contributed by atoms with Gasteiger partial charge in [0.1, 0.15) is 5.82 Å². The van der Waals surface area contributed by atoms with Gasteiger partial charge in [0.05, 0.1) is 50.0 Å². The third kappa shape index (κ3) is 6.49. The Labute approximate surface area is 440 Å². The number of para-hydroxylation sites is 7. The van der Waals surface area contributed by atoms with Crippen molar-refractivity contribution in [2.24, 2.45) is 0 Å². The Bertz CT molecular complexity index is 4820. The fourth-order valence-electron chi connectivity index (χ4n) is 11.6. The van der Waals surface area contributed by atoms with Crippen molar-refractivity contribution in [3.05, 3.63) is 230 Å². The normalized spacial score (nSPS) is 12.1. The molecule has 6 aromatic heterocycles. The molecule has 0 saturated carbocycles. The minimum Gasteiger partial charge on any atom is -0.503 e. The van der Waals surface area contributed by atoms with Crippen LogP contribution in [0.2, 0.25) is 0 Å². The van der Waals surface area contributed by atoms with Crippen LogP contribution in [-0.4, -0.2) is 27.9 Å². The Morgan fingerprint density at radius 3 is 1.72 bits per heavy atom. The number of pyridine rings is 1. The number of hydrogen-bond donors (Lipinski definition) is 0. The van der Waals surface area contributed by atoms with Crippen LogP contribution in [0, 0.1) is 12.1 Å². The van der Waals surface area contributed by atoms with Gasteiger partial charge in [-0.2, -0.15) is 6.07 Å². The van der Waals surface area contributed by atoms with Crippen LogP contribution in [0.25, 0.3) is 121 Å². The van der Waals surface area contributed by atoms with Gasteiger partial charge in [0, 0.05) is 61.2 Å². The molecular formula is C66H44N6OPt. The SMILES string of the molecule is CC(C)(C)c1ccnc(-n2c3[c-]c(Oc4[c-]c(-c5nc6c7ccccc7n7c8ccccc8c8cccc(c87)n7c8ccccc8c8cccc(c6n5-c5ccccc5)c87)ccc4)ccc3c3ccccc32)c1.[Pt+2]. The van der Waals surface area contributed by atoms with E-state index in [1.807, 2.05) is 24.4 Å². The summed E-state index contributed by atoms with van der Waals surface area (Å²) >= 11 is 0. The summed E-state index contributed by atoms with van der Waals surface area (Å²) in [7, 11) is 0. The van der Waals surface area contributed by atoms with E-state index >= 15 is 0 Å². The summed E-state index contributed by atoms with van der Waals surface area (Å²) in [5.74, 6) is 2.69. The summed E-state index contributed by atoms with van der Waals surface area (Å²) in [6.45, 7) is 6.69. The molecule has 74 heavy (non-hydrogen) atoms. The maximum atomic E-state index is 6.83. The monoisotopic (exact) mass is 1130 g/mol. The quantitative estimate of drug-likeness (QED) is 0.161. The largest absolute Gasteiger partial charge is 2.00 e. The molecule has 0 atom stereocenters. The number of aromatic nitrogens is 6. The average molecular weight is 1130 g/mol. The average Bonchev–Trinajstić information content (AvgIpc) is 4.19. The first-order chi connectivity index (χ1) is 35.9. The zero-order valence-corrected chi connectivity index (χ0v) is 42.9. The fraction of sp³-hybridized carbons (Fsp3) is 0.0606. The van der Waals surface area contributed by atoms with Gasteiger partial charge in [-0.25, -0.2) is 4.98 Å². The molecule has 0 unspecified atom stereocenters. The van der Waals surface area contributed by atoms with Crippen molar-refractivity contribution in [2.75, 3.05) is 0 Å². The maximum absolute atomic E-state index is 6.83. The van der Waals surface area contributed by atoms with Crippen LogP contribution in [0.15, 0.2) is 212 Å². The van der Waals surface area contributed by atoms with Gasteiger partial charge < -0.3 is 22.7 Å². The summed E-state index contributed by atoms with van der Waals surface area (Å²) in [5, 5.41) is 9.02. The number of benzene rings is 9. The van der Waals surface area contributed by atoms with Crippen LogP contribution >= 0.6 is 0 Å². The first-order valence-electron chi connectivity index (χ1n) is 24.8. The number of imidazole rings is 1. The molecule has 0 aliphatic rings. The molecule has 8 heteroatoms. The standard InChI is InChI=1S/C66H44N6O.Pt/c1-66(2,3)42-36-37-67-60(39-42)70-54-29-11-7-22-46(54)49-35-34-45(40-59(49)70)73-44-21-15-18-41(38-44)65-68-61-52-25-10-14-32-57(52)71-55-30-12-9-24-48(55)51-27-17-33-58(63(51)71)72-56-31-13-8-23-47(56)50-26-16-28-53(62(50)72)64(61)69(65)43-19-5-4-6-20-43;/h4-37,39H,1-3H3;/q-2;+2. The van der Waals surface area contributed by atoms with E-state index in [0.29, 0.717) is 11.5 Å². The molecule has 0 bridgehead atoms. The van der Waals surface area contributed by atoms with Gasteiger partial charge in [-0.1, -0.05) is 154 Å². The van der Waals surface area contributed by atoms with Crippen LogP contribution in [0.1, 0.15) is 26.3 Å². The third-order valence-electron chi connectivity index (χ3n) is 14.8. The molecule has 0 N–H and O–H groups in total. The van der Waals surface area contributed by atoms with E-state index in [1.54, 1.807) is 0 Å². The molecule has 15 aromatic rings. The molecule has 0 fully saturated rings. The van der Waals surface area contributed by atoms with Crippen molar-refractivity contribution in [1.29, 1.82) is 0 Å². The fourth-order valence-corrected chi connectivity index (χ4v) is 11.6. The molecule has 354 valence electrons. The molecule has 15 rings (SSSR count). The van der Waals surface area contributed by atoms with E-state index in [1.165, 1.54) is 27.1 Å². The van der Waals surface area contributed by atoms with Crippen LogP contribution in [-0.2, 0) is 26.5 Å². The molecule has 0 radical (unpaired) electrons. The Morgan fingerprint density at radius 1 is 0.432 bits per heavy atom. The molecule has 0 aliphatic carbocycles. The summed E-state index contributed by atoms with van der Waals surface area (Å²) < 4.78 is 16.3. The zero-order valence-electron chi connectivity index (χ0n) is 40.6. The van der Waals surface area contributed by atoms with Crippen molar-refractivity contribution >= 4 is 98.3 Å². The van der Waals surface area contributed by atoms with E-state index in [-0.39, 0.29) is 26.5 Å². The van der Waals surface area contributed by atoms with Crippen LogP contribution in [0.5, 0.6) is 11.5 Å². The van der Waals surface area contributed by atoms with Crippen molar-refractivity contribution < 1.29 is 25.8 Å². The topological polar surface area (TPSA) is 53.7 Å². The second kappa shape index (κ2) is 16.6. The second-order valence-corrected chi connectivity index (χ2v) is 20.0. The Morgan fingerprint density at radius 2 is 0.986 bits per heavy atom. The summed E-state index contributed by atoms with van der Waals surface area (Å²) in [6, 6.07) is 80.7. The molecule has 9 aromatic carbocycles. The molecular weight excluding hydrogens is 1090 g/mol. The van der Waals surface area contributed by atoms with E-state index in [2.05, 4.69) is 239 Å². The number of nitrogens with zero attached hydrogens (tertiary/aromatic N) is 6. The Hall–Kier alpha value is -8.77. The summed E-state index contributed by atoms with van der Waals surface area (Å²) in [6.07, 6.45) is 1.90. The van der Waals surface area contributed by atoms with Gasteiger partial charge in [-0.15, -0.1) is 41.3 Å². The van der Waals surface area contributed by atoms with E-state index in [0.717, 1.165) is 99.6 Å². The van der Waals surface area contributed by atoms with Gasteiger partial charge in [-0.3, -0.25) is 4.98 Å². The molecule has 0 aliphatic heterocycles. The summed E-state index contributed by atoms with van der Waals surface area (Å²) in [5.41, 5.74) is 13.4. The molecule has 6 heterocycles. The van der Waals surface area contributed by atoms with Crippen molar-refractivity contribution in [2.45, 2.75) is 26.2 Å². The van der Waals surface area contributed by atoms with Crippen molar-refractivity contribution in [1.82, 2.24) is 27.9 Å². The van der Waals surface area contributed by atoms with E-state index in [4.69, 9.17) is 14.7 Å². The maximum Gasteiger partial charge on any atom is 2.00 e. The molecule has 0 amide bonds. The van der Waals surface area contributed by atoms with Crippen LogP contribution in [0.3, 0.4) is 0 Å². The van der Waals surface area contributed by atoms with Crippen molar-refractivity contribution in [3.8, 4) is 34.4 Å². The predicted octanol–water partition coefficient (Wildman–Crippen LogP) is 16.7. The van der Waals surface area contributed by atoms with E-state index < -0.39 is 0 Å². The minimum atomic E-state index is -0.0480. The molecule has 7 nitrogen and oxygen atoms in total. The van der Waals surface area contributed by atoms with Crippen LogP contribution in [0.4, 0.5) is 0 Å². The minimum absolute atomic E-state index is 0. The van der Waals surface area contributed by atoms with Crippen molar-refractivity contribution in [3.63, 3.8) is 0 Å². The first-order valence-corrected chi connectivity index (χ1v) is 24.8. The number of fused-ring (bicyclic) bond motifs is 15. The number of ether oxygens (including phenoxy) is 1. The zero-order chi connectivity index (χ0) is 48.5. The van der Waals surface area contributed by atoms with E-state index in [9.17, 15) is 0 Å². The van der Waals surface area contributed by atoms with Crippen LogP contribution < -0.4 is 4.74 Å². The number of hydrogen-bond acceptors (Lipinski definition) is 3. The predicted molar refractivity (Wildman–Crippen MR) is 300 cm³/mol. The van der Waals surface area contributed by atoms with Gasteiger partial charge >= 0.3 is 21.1 Å². The Kier molecular flexibility index (Phi) is 9.89. The van der Waals surface area contributed by atoms with Gasteiger partial charge in [-0.05, 0) is 71.0 Å². The smallest absolute Gasteiger partial charge is 0.503 e. The van der Waals surface area contributed by atoms with Gasteiger partial charge in [0.2, 0.25) is 0 Å². The molecule has 0 saturated heterocycles. The van der Waals surface area contributed by atoms with Gasteiger partial charge in [0.15, 0.2) is 0 Å². The number of rotatable bonds is 5. The second-order valence-electron chi connectivity index (χ2n) is 20.0. The molecule has 0 spiro atoms. The Balaban J connectivity index is 0.00000505. The summed E-state index contributed by atoms with van der Waals surface area (Å²) in [4.78, 5) is 10.7.